The molecule has 4 heteroatoms. The van der Waals surface area contributed by atoms with Crippen molar-refractivity contribution in [3.05, 3.63) is 78.0 Å². The monoisotopic (exact) mass is 319 g/mol. The Bertz CT molecular complexity index is 831. The third-order valence-corrected chi connectivity index (χ3v) is 3.68. The molecule has 4 nitrogen and oxygen atoms in total. The predicted octanol–water partition coefficient (Wildman–Crippen LogP) is 4.15. The van der Waals surface area contributed by atoms with Gasteiger partial charge in [-0.1, -0.05) is 48.5 Å². The van der Waals surface area contributed by atoms with Gasteiger partial charge in [0.2, 0.25) is 5.88 Å². The number of carbonyl (C=O) groups is 1. The van der Waals surface area contributed by atoms with Gasteiger partial charge >= 0.3 is 0 Å². The number of ether oxygens (including phenoxy) is 2. The van der Waals surface area contributed by atoms with Crippen LogP contribution in [0.2, 0.25) is 0 Å². The molecule has 0 aliphatic carbocycles. The van der Waals surface area contributed by atoms with E-state index in [1.165, 1.54) is 7.11 Å². The minimum Gasteiger partial charge on any atom is -0.488 e. The highest BCUT2D eigenvalue weighted by molar-refractivity contribution is 5.91. The molecule has 0 saturated heterocycles. The number of aldehydes is 1. The van der Waals surface area contributed by atoms with Gasteiger partial charge in [-0.2, -0.15) is 0 Å². The van der Waals surface area contributed by atoms with E-state index in [9.17, 15) is 4.79 Å². The van der Waals surface area contributed by atoms with Crippen LogP contribution in [0.1, 0.15) is 15.9 Å². The first kappa shape index (κ1) is 15.7. The summed E-state index contributed by atoms with van der Waals surface area (Å²) in [6, 6.07) is 19.3. The Morgan fingerprint density at radius 1 is 0.958 bits per heavy atom. The van der Waals surface area contributed by atoms with Crippen LogP contribution in [-0.2, 0) is 6.61 Å². The highest BCUT2D eigenvalue weighted by Gasteiger charge is 2.15. The van der Waals surface area contributed by atoms with Gasteiger partial charge in [0.15, 0.2) is 6.29 Å². The van der Waals surface area contributed by atoms with E-state index >= 15 is 0 Å². The van der Waals surface area contributed by atoms with Crippen molar-refractivity contribution in [3.63, 3.8) is 0 Å². The van der Waals surface area contributed by atoms with Crippen molar-refractivity contribution < 1.29 is 14.3 Å². The lowest BCUT2D eigenvalue weighted by atomic mass is 10.0. The number of methoxy groups -OCH3 is 1. The molecular formula is C20H17NO3. The van der Waals surface area contributed by atoms with E-state index in [2.05, 4.69) is 4.98 Å². The standard InChI is InChI=1S/C20H17NO3/c1-23-20-18(13-22)16(11-12-21-20)17-9-5-6-10-19(17)24-14-15-7-3-2-4-8-15/h2-13H,14H2,1H3. The lowest BCUT2D eigenvalue weighted by molar-refractivity contribution is 0.112. The zero-order valence-corrected chi connectivity index (χ0v) is 13.3. The quantitative estimate of drug-likeness (QED) is 0.640. The van der Waals surface area contributed by atoms with Gasteiger partial charge in [-0.3, -0.25) is 4.79 Å². The van der Waals surface area contributed by atoms with Gasteiger partial charge in [0.1, 0.15) is 12.4 Å². The van der Waals surface area contributed by atoms with Gasteiger partial charge < -0.3 is 9.47 Å². The van der Waals surface area contributed by atoms with Crippen molar-refractivity contribution in [2.75, 3.05) is 7.11 Å². The Morgan fingerprint density at radius 3 is 2.46 bits per heavy atom. The average Bonchev–Trinajstić information content (AvgIpc) is 2.66. The summed E-state index contributed by atoms with van der Waals surface area (Å²) in [5, 5.41) is 0. The summed E-state index contributed by atoms with van der Waals surface area (Å²) in [5.74, 6) is 1.01. The summed E-state index contributed by atoms with van der Waals surface area (Å²) < 4.78 is 11.2. The smallest absolute Gasteiger partial charge is 0.224 e. The average molecular weight is 319 g/mol. The number of pyridine rings is 1. The van der Waals surface area contributed by atoms with Crippen LogP contribution in [-0.4, -0.2) is 18.4 Å². The number of para-hydroxylation sites is 1. The van der Waals surface area contributed by atoms with Crippen molar-refractivity contribution in [1.82, 2.24) is 4.98 Å². The van der Waals surface area contributed by atoms with Gasteiger partial charge in [0.25, 0.3) is 0 Å². The Balaban J connectivity index is 1.97. The second kappa shape index (κ2) is 7.42. The van der Waals surface area contributed by atoms with E-state index in [4.69, 9.17) is 9.47 Å². The fourth-order valence-corrected chi connectivity index (χ4v) is 2.52. The van der Waals surface area contributed by atoms with Crippen LogP contribution in [0, 0.1) is 0 Å². The SMILES string of the molecule is COc1nccc(-c2ccccc2OCc2ccccc2)c1C=O. The molecule has 0 fully saturated rings. The third kappa shape index (κ3) is 3.27. The maximum atomic E-state index is 11.5. The van der Waals surface area contributed by atoms with E-state index < -0.39 is 0 Å². The van der Waals surface area contributed by atoms with Crippen molar-refractivity contribution in [2.24, 2.45) is 0 Å². The first-order valence-corrected chi connectivity index (χ1v) is 7.57. The first-order chi connectivity index (χ1) is 11.8. The van der Waals surface area contributed by atoms with Crippen LogP contribution < -0.4 is 9.47 Å². The summed E-state index contributed by atoms with van der Waals surface area (Å²) in [4.78, 5) is 15.6. The van der Waals surface area contributed by atoms with Crippen molar-refractivity contribution in [1.29, 1.82) is 0 Å². The van der Waals surface area contributed by atoms with E-state index in [0.29, 0.717) is 23.8 Å². The van der Waals surface area contributed by atoms with Crippen LogP contribution in [0.15, 0.2) is 66.9 Å². The molecule has 0 bridgehead atoms. The van der Waals surface area contributed by atoms with E-state index in [-0.39, 0.29) is 0 Å². The lowest BCUT2D eigenvalue weighted by Gasteiger charge is -2.14. The van der Waals surface area contributed by atoms with Crippen LogP contribution in [0.5, 0.6) is 11.6 Å². The summed E-state index contributed by atoms with van der Waals surface area (Å²) >= 11 is 0. The largest absolute Gasteiger partial charge is 0.488 e. The number of nitrogens with zero attached hydrogens (tertiary/aromatic N) is 1. The summed E-state index contributed by atoms with van der Waals surface area (Å²) in [6.45, 7) is 0.455. The molecule has 120 valence electrons. The van der Waals surface area contributed by atoms with E-state index in [1.807, 2.05) is 54.6 Å². The molecule has 0 spiro atoms. The maximum Gasteiger partial charge on any atom is 0.224 e. The molecule has 0 amide bonds. The molecule has 24 heavy (non-hydrogen) atoms. The van der Waals surface area contributed by atoms with Crippen molar-refractivity contribution >= 4 is 6.29 Å². The fourth-order valence-electron chi connectivity index (χ4n) is 2.52. The first-order valence-electron chi connectivity index (χ1n) is 7.57. The number of benzene rings is 2. The van der Waals surface area contributed by atoms with Crippen molar-refractivity contribution in [3.8, 4) is 22.8 Å². The molecule has 0 N–H and O–H groups in total. The van der Waals surface area contributed by atoms with Crippen molar-refractivity contribution in [2.45, 2.75) is 6.61 Å². The molecule has 2 aromatic carbocycles. The zero-order valence-electron chi connectivity index (χ0n) is 13.3. The van der Waals surface area contributed by atoms with Crippen LogP contribution in [0.4, 0.5) is 0 Å². The highest BCUT2D eigenvalue weighted by Crippen LogP contribution is 2.34. The third-order valence-electron chi connectivity index (χ3n) is 3.68. The molecule has 1 aromatic heterocycles. The maximum absolute atomic E-state index is 11.5. The minimum absolute atomic E-state index is 0.306. The molecule has 3 aromatic rings. The fraction of sp³-hybridized carbons (Fsp3) is 0.100. The molecule has 0 atom stereocenters. The second-order valence-electron chi connectivity index (χ2n) is 5.17. The van der Waals surface area contributed by atoms with Gasteiger partial charge in [-0.25, -0.2) is 4.98 Å². The normalized spacial score (nSPS) is 10.2. The summed E-state index contributed by atoms with van der Waals surface area (Å²) in [7, 11) is 1.50. The molecule has 0 radical (unpaired) electrons. The van der Waals surface area contributed by atoms with E-state index in [0.717, 1.165) is 23.0 Å². The predicted molar refractivity (Wildman–Crippen MR) is 92.4 cm³/mol. The molecular weight excluding hydrogens is 302 g/mol. The van der Waals surface area contributed by atoms with Gasteiger partial charge in [0.05, 0.1) is 12.7 Å². The summed E-state index contributed by atoms with van der Waals surface area (Å²) in [6.07, 6.45) is 2.38. The number of carbonyl (C=O) groups excluding carboxylic acids is 1. The van der Waals surface area contributed by atoms with E-state index in [1.54, 1.807) is 12.3 Å². The number of hydrogen-bond acceptors (Lipinski definition) is 4. The Hall–Kier alpha value is -3.14. The molecule has 3 rings (SSSR count). The molecule has 0 saturated carbocycles. The zero-order chi connectivity index (χ0) is 16.8. The van der Waals surface area contributed by atoms with Gasteiger partial charge in [-0.05, 0) is 17.7 Å². The van der Waals surface area contributed by atoms with Gasteiger partial charge in [0, 0.05) is 17.3 Å². The Labute approximate surface area is 140 Å². The minimum atomic E-state index is 0.306. The highest BCUT2D eigenvalue weighted by atomic mass is 16.5. The van der Waals surface area contributed by atoms with Crippen LogP contribution in [0.25, 0.3) is 11.1 Å². The topological polar surface area (TPSA) is 48.4 Å². The lowest BCUT2D eigenvalue weighted by Crippen LogP contribution is -2.00. The molecule has 1 heterocycles. The summed E-state index contributed by atoms with van der Waals surface area (Å²) in [5.41, 5.74) is 3.06. The van der Waals surface area contributed by atoms with Crippen LogP contribution in [0.3, 0.4) is 0 Å². The number of rotatable bonds is 6. The Morgan fingerprint density at radius 2 is 1.71 bits per heavy atom. The molecule has 0 unspecified atom stereocenters. The van der Waals surface area contributed by atoms with Crippen LogP contribution >= 0.6 is 0 Å². The molecule has 0 aliphatic heterocycles. The number of aromatic nitrogens is 1. The second-order valence-corrected chi connectivity index (χ2v) is 5.17. The molecule has 0 aliphatic rings. The Kier molecular flexibility index (Phi) is 4.87. The number of hydrogen-bond donors (Lipinski definition) is 0. The van der Waals surface area contributed by atoms with Gasteiger partial charge in [-0.15, -0.1) is 0 Å².